The third kappa shape index (κ3) is 4.44. The van der Waals surface area contributed by atoms with Gasteiger partial charge in [-0.25, -0.2) is 4.79 Å². The number of imide groups is 1. The molecule has 3 heterocycles. The summed E-state index contributed by atoms with van der Waals surface area (Å²) in [6.07, 6.45) is 1.54. The largest absolute Gasteiger partial charge is 0.486 e. The van der Waals surface area contributed by atoms with E-state index in [-0.39, 0.29) is 12.5 Å². The van der Waals surface area contributed by atoms with Gasteiger partial charge in [0.1, 0.15) is 31.1 Å². The van der Waals surface area contributed by atoms with Gasteiger partial charge in [0.15, 0.2) is 11.5 Å². The molecule has 1 N–H and O–H groups in total. The van der Waals surface area contributed by atoms with Crippen molar-refractivity contribution in [2.75, 3.05) is 19.8 Å². The zero-order chi connectivity index (χ0) is 24.4. The molecule has 2 aromatic carbocycles. The van der Waals surface area contributed by atoms with E-state index in [0.717, 1.165) is 10.5 Å². The van der Waals surface area contributed by atoms with Crippen LogP contribution in [0.5, 0.6) is 11.5 Å². The summed E-state index contributed by atoms with van der Waals surface area (Å²) in [6, 6.07) is 17.5. The van der Waals surface area contributed by atoms with Crippen molar-refractivity contribution in [3.8, 4) is 11.5 Å². The molecule has 9 heteroatoms. The highest BCUT2D eigenvalue weighted by Gasteiger charge is 2.50. The molecule has 0 aliphatic carbocycles. The number of nitrogens with one attached hydrogen (secondary N) is 1. The summed E-state index contributed by atoms with van der Waals surface area (Å²) in [6.45, 7) is 2.60. The lowest BCUT2D eigenvalue weighted by molar-refractivity contribution is -0.139. The Morgan fingerprint density at radius 2 is 1.77 bits per heavy atom. The van der Waals surface area contributed by atoms with Crippen molar-refractivity contribution in [3.05, 3.63) is 83.8 Å². The van der Waals surface area contributed by atoms with E-state index in [9.17, 15) is 14.4 Å². The topological polar surface area (TPSA) is 101 Å². The van der Waals surface area contributed by atoms with Crippen LogP contribution in [0.15, 0.2) is 71.3 Å². The Morgan fingerprint density at radius 1 is 1.00 bits per heavy atom. The maximum atomic E-state index is 13.4. The SMILES string of the molecule is CC1(c2ccc3c(c2)OCCO3)NC(=O)N(CC(=O)N(Cc2ccccc2)Cc2ccco2)C1=O. The normalized spacial score (nSPS) is 18.9. The van der Waals surface area contributed by atoms with Crippen LogP contribution in [0, 0.1) is 0 Å². The number of amides is 4. The fraction of sp³-hybridized carbons (Fsp3) is 0.269. The Morgan fingerprint density at radius 3 is 2.51 bits per heavy atom. The number of carbonyl (C=O) groups is 3. The molecule has 0 bridgehead atoms. The number of ether oxygens (including phenoxy) is 2. The second kappa shape index (κ2) is 9.17. The van der Waals surface area contributed by atoms with Gasteiger partial charge >= 0.3 is 6.03 Å². The first-order valence-corrected chi connectivity index (χ1v) is 11.3. The van der Waals surface area contributed by atoms with Gasteiger partial charge in [-0.3, -0.25) is 14.5 Å². The maximum absolute atomic E-state index is 13.4. The molecule has 35 heavy (non-hydrogen) atoms. The molecular weight excluding hydrogens is 450 g/mol. The van der Waals surface area contributed by atoms with E-state index in [4.69, 9.17) is 13.9 Å². The fourth-order valence-corrected chi connectivity index (χ4v) is 4.25. The molecule has 3 aromatic rings. The maximum Gasteiger partial charge on any atom is 0.325 e. The summed E-state index contributed by atoms with van der Waals surface area (Å²) in [4.78, 5) is 42.1. The van der Waals surface area contributed by atoms with Crippen LogP contribution >= 0.6 is 0 Å². The number of benzene rings is 2. The third-order valence-electron chi connectivity index (χ3n) is 6.18. The predicted octanol–water partition coefficient (Wildman–Crippen LogP) is 3.05. The highest BCUT2D eigenvalue weighted by Crippen LogP contribution is 2.36. The van der Waals surface area contributed by atoms with Gasteiger partial charge in [-0.05, 0) is 42.3 Å². The van der Waals surface area contributed by atoms with E-state index in [1.165, 1.54) is 6.26 Å². The number of rotatable bonds is 7. The van der Waals surface area contributed by atoms with Crippen molar-refractivity contribution < 1.29 is 28.3 Å². The summed E-state index contributed by atoms with van der Waals surface area (Å²) in [7, 11) is 0. The Labute approximate surface area is 202 Å². The lowest BCUT2D eigenvalue weighted by atomic mass is 9.91. The van der Waals surface area contributed by atoms with Crippen molar-refractivity contribution in [3.63, 3.8) is 0 Å². The molecule has 2 aliphatic rings. The molecule has 1 fully saturated rings. The van der Waals surface area contributed by atoms with E-state index >= 15 is 0 Å². The average molecular weight is 476 g/mol. The van der Waals surface area contributed by atoms with E-state index in [1.54, 1.807) is 42.2 Å². The minimum Gasteiger partial charge on any atom is -0.486 e. The number of fused-ring (bicyclic) bond motifs is 1. The quantitative estimate of drug-likeness (QED) is 0.527. The van der Waals surface area contributed by atoms with Crippen LogP contribution in [0.4, 0.5) is 4.79 Å². The Hall–Kier alpha value is -4.27. The lowest BCUT2D eigenvalue weighted by Crippen LogP contribution is -2.44. The van der Waals surface area contributed by atoms with Gasteiger partial charge in [0.2, 0.25) is 5.91 Å². The van der Waals surface area contributed by atoms with Crippen LogP contribution < -0.4 is 14.8 Å². The van der Waals surface area contributed by atoms with E-state index in [2.05, 4.69) is 5.32 Å². The summed E-state index contributed by atoms with van der Waals surface area (Å²) >= 11 is 0. The molecule has 0 radical (unpaired) electrons. The van der Waals surface area contributed by atoms with Gasteiger partial charge in [0.25, 0.3) is 5.91 Å². The highest BCUT2D eigenvalue weighted by molar-refractivity contribution is 6.09. The average Bonchev–Trinajstić information content (AvgIpc) is 3.46. The van der Waals surface area contributed by atoms with Crippen molar-refractivity contribution in [2.24, 2.45) is 0 Å². The molecule has 0 saturated carbocycles. The molecule has 9 nitrogen and oxygen atoms in total. The van der Waals surface area contributed by atoms with Crippen molar-refractivity contribution in [2.45, 2.75) is 25.6 Å². The van der Waals surface area contributed by atoms with Crippen molar-refractivity contribution >= 4 is 17.8 Å². The number of hydrogen-bond donors (Lipinski definition) is 1. The molecule has 0 spiro atoms. The molecule has 5 rings (SSSR count). The summed E-state index contributed by atoms with van der Waals surface area (Å²) < 4.78 is 16.6. The standard InChI is InChI=1S/C26H25N3O6/c1-26(19-9-10-21-22(14-19)35-13-12-34-21)24(31)29(25(32)27-26)17-23(30)28(16-20-8-5-11-33-20)15-18-6-3-2-4-7-18/h2-11,14H,12-13,15-17H2,1H3,(H,27,32). The number of furan rings is 1. The minimum absolute atomic E-state index is 0.212. The monoisotopic (exact) mass is 475 g/mol. The van der Waals surface area contributed by atoms with Crippen LogP contribution in [-0.2, 0) is 28.2 Å². The first-order chi connectivity index (χ1) is 16.9. The van der Waals surface area contributed by atoms with Gasteiger partial charge in [-0.2, -0.15) is 0 Å². The zero-order valence-electron chi connectivity index (χ0n) is 19.2. The number of nitrogens with zero attached hydrogens (tertiary/aromatic N) is 2. The Balaban J connectivity index is 1.35. The molecule has 2 aliphatic heterocycles. The van der Waals surface area contributed by atoms with Gasteiger partial charge in [-0.1, -0.05) is 36.4 Å². The number of hydrogen-bond acceptors (Lipinski definition) is 6. The van der Waals surface area contributed by atoms with Gasteiger partial charge in [0, 0.05) is 6.54 Å². The molecular formula is C26H25N3O6. The molecule has 1 aromatic heterocycles. The molecule has 1 atom stereocenters. The second-order valence-electron chi connectivity index (χ2n) is 8.62. The number of carbonyl (C=O) groups excluding carboxylic acids is 3. The molecule has 1 unspecified atom stereocenters. The summed E-state index contributed by atoms with van der Waals surface area (Å²) in [5.41, 5.74) is 0.135. The van der Waals surface area contributed by atoms with E-state index in [0.29, 0.717) is 42.6 Å². The van der Waals surface area contributed by atoms with E-state index < -0.39 is 24.0 Å². The fourth-order valence-electron chi connectivity index (χ4n) is 4.25. The van der Waals surface area contributed by atoms with Gasteiger partial charge in [-0.15, -0.1) is 0 Å². The second-order valence-corrected chi connectivity index (χ2v) is 8.62. The van der Waals surface area contributed by atoms with E-state index in [1.807, 2.05) is 30.3 Å². The smallest absolute Gasteiger partial charge is 0.325 e. The van der Waals surface area contributed by atoms with Crippen LogP contribution in [0.2, 0.25) is 0 Å². The Bertz CT molecular complexity index is 1240. The van der Waals surface area contributed by atoms with Crippen LogP contribution in [0.3, 0.4) is 0 Å². The lowest BCUT2D eigenvalue weighted by Gasteiger charge is -2.26. The first-order valence-electron chi connectivity index (χ1n) is 11.3. The first kappa shape index (κ1) is 22.5. The highest BCUT2D eigenvalue weighted by atomic mass is 16.6. The minimum atomic E-state index is -1.33. The van der Waals surface area contributed by atoms with Crippen LogP contribution in [-0.4, -0.2) is 47.4 Å². The summed E-state index contributed by atoms with van der Waals surface area (Å²) in [5.74, 6) is 0.818. The van der Waals surface area contributed by atoms with Crippen molar-refractivity contribution in [1.29, 1.82) is 0 Å². The van der Waals surface area contributed by atoms with Crippen LogP contribution in [0.1, 0.15) is 23.8 Å². The van der Waals surface area contributed by atoms with Crippen molar-refractivity contribution in [1.82, 2.24) is 15.1 Å². The Kier molecular flexibility index (Phi) is 5.90. The molecule has 1 saturated heterocycles. The molecule has 180 valence electrons. The summed E-state index contributed by atoms with van der Waals surface area (Å²) in [5, 5.41) is 2.74. The van der Waals surface area contributed by atoms with Gasteiger partial charge < -0.3 is 24.1 Å². The predicted molar refractivity (Wildman–Crippen MR) is 124 cm³/mol. The van der Waals surface area contributed by atoms with Crippen LogP contribution in [0.25, 0.3) is 0 Å². The zero-order valence-corrected chi connectivity index (χ0v) is 19.2. The van der Waals surface area contributed by atoms with Gasteiger partial charge in [0.05, 0.1) is 12.8 Å². The third-order valence-corrected chi connectivity index (χ3v) is 6.18. The molecule has 4 amide bonds. The number of urea groups is 1.